The van der Waals surface area contributed by atoms with E-state index < -0.39 is 29.6 Å². The largest absolute Gasteiger partial charge is 0.480 e. The maximum absolute atomic E-state index is 12.3. The fraction of sp³-hybridized carbons (Fsp3) is 0.471. The van der Waals surface area contributed by atoms with E-state index in [0.29, 0.717) is 5.56 Å². The Morgan fingerprint density at radius 2 is 1.96 bits per heavy atom. The molecule has 1 heterocycles. The molecule has 1 aliphatic rings. The molecule has 0 bridgehead atoms. The van der Waals surface area contributed by atoms with Gasteiger partial charge in [0.15, 0.2) is 0 Å². The van der Waals surface area contributed by atoms with Gasteiger partial charge in [-0.15, -0.1) is 0 Å². The predicted octanol–water partition coefficient (Wildman–Crippen LogP) is 1.96. The van der Waals surface area contributed by atoms with E-state index in [1.807, 2.05) is 0 Å². The first-order valence-electron chi connectivity index (χ1n) is 7.70. The van der Waals surface area contributed by atoms with E-state index in [1.165, 1.54) is 4.90 Å². The number of carbonyl (C=O) groups excluding carboxylic acids is 2. The van der Waals surface area contributed by atoms with Crippen molar-refractivity contribution in [3.8, 4) is 0 Å². The Bertz CT molecular complexity index is 665. The van der Waals surface area contributed by atoms with Crippen molar-refractivity contribution in [1.82, 2.24) is 4.90 Å². The highest BCUT2D eigenvalue weighted by Gasteiger charge is 2.42. The number of carbonyl (C=O) groups is 3. The predicted molar refractivity (Wildman–Crippen MR) is 86.7 cm³/mol. The third-order valence-electron chi connectivity index (χ3n) is 3.86. The molecule has 7 nitrogen and oxygen atoms in total. The number of carboxylic acids is 1. The number of amides is 2. The molecular formula is C17H22N2O5. The number of ether oxygens (including phenoxy) is 1. The highest BCUT2D eigenvalue weighted by Crippen LogP contribution is 2.33. The van der Waals surface area contributed by atoms with Crippen molar-refractivity contribution in [2.24, 2.45) is 5.73 Å². The van der Waals surface area contributed by atoms with Crippen LogP contribution in [-0.2, 0) is 9.53 Å². The third kappa shape index (κ3) is 4.04. The molecule has 1 aliphatic heterocycles. The second-order valence-corrected chi connectivity index (χ2v) is 6.91. The van der Waals surface area contributed by atoms with Crippen LogP contribution in [0.3, 0.4) is 0 Å². The molecule has 0 radical (unpaired) electrons. The maximum Gasteiger partial charge on any atom is 0.411 e. The van der Waals surface area contributed by atoms with Crippen LogP contribution in [0, 0.1) is 0 Å². The van der Waals surface area contributed by atoms with Crippen molar-refractivity contribution in [3.05, 3.63) is 35.4 Å². The molecule has 2 rings (SSSR count). The summed E-state index contributed by atoms with van der Waals surface area (Å²) in [6.45, 7) is 5.40. The second kappa shape index (κ2) is 6.51. The van der Waals surface area contributed by atoms with Gasteiger partial charge in [-0.1, -0.05) is 12.1 Å². The van der Waals surface area contributed by atoms with Crippen LogP contribution in [-0.4, -0.2) is 46.2 Å². The van der Waals surface area contributed by atoms with Gasteiger partial charge in [0.25, 0.3) is 0 Å². The van der Waals surface area contributed by atoms with Crippen molar-refractivity contribution in [2.75, 3.05) is 6.54 Å². The van der Waals surface area contributed by atoms with E-state index in [0.717, 1.165) is 5.56 Å². The van der Waals surface area contributed by atoms with Gasteiger partial charge in [-0.2, -0.15) is 0 Å². The Hall–Kier alpha value is -2.57. The summed E-state index contributed by atoms with van der Waals surface area (Å²) in [7, 11) is 0. The Kier molecular flexibility index (Phi) is 4.82. The SMILES string of the molecule is CC(C)(C)OC(=O)N1C[C@H](c2cccc(C(N)=O)c2)C[C@@H]1C(=O)O. The van der Waals surface area contributed by atoms with Crippen LogP contribution in [0.25, 0.3) is 0 Å². The van der Waals surface area contributed by atoms with Gasteiger partial charge in [0.05, 0.1) is 0 Å². The lowest BCUT2D eigenvalue weighted by atomic mass is 9.95. The van der Waals surface area contributed by atoms with E-state index in [-0.39, 0.29) is 18.9 Å². The zero-order valence-electron chi connectivity index (χ0n) is 14.0. The number of rotatable bonds is 3. The zero-order valence-corrected chi connectivity index (χ0v) is 14.0. The molecule has 7 heteroatoms. The van der Waals surface area contributed by atoms with E-state index >= 15 is 0 Å². The van der Waals surface area contributed by atoms with Crippen LogP contribution in [0.1, 0.15) is 49.0 Å². The topological polar surface area (TPSA) is 110 Å². The summed E-state index contributed by atoms with van der Waals surface area (Å²) in [5, 5.41) is 9.41. The monoisotopic (exact) mass is 334 g/mol. The fourth-order valence-electron chi connectivity index (χ4n) is 2.78. The molecule has 130 valence electrons. The lowest BCUT2D eigenvalue weighted by Crippen LogP contribution is -2.43. The summed E-state index contributed by atoms with van der Waals surface area (Å²) in [6.07, 6.45) is -0.389. The van der Waals surface area contributed by atoms with Crippen LogP contribution >= 0.6 is 0 Å². The third-order valence-corrected chi connectivity index (χ3v) is 3.86. The summed E-state index contributed by atoms with van der Waals surface area (Å²) in [5.74, 6) is -1.82. The number of benzene rings is 1. The lowest BCUT2D eigenvalue weighted by Gasteiger charge is -2.26. The molecule has 1 aromatic rings. The number of hydrogen-bond donors (Lipinski definition) is 2. The minimum Gasteiger partial charge on any atom is -0.480 e. The minimum atomic E-state index is -1.07. The standard InChI is InChI=1S/C17H22N2O5/c1-17(2,3)24-16(23)19-9-12(8-13(19)15(21)22)10-5-4-6-11(7-10)14(18)20/h4-7,12-13H,8-9H2,1-3H3,(H2,18,20)(H,21,22)/t12-,13-/m1/s1. The highest BCUT2D eigenvalue weighted by molar-refractivity contribution is 5.93. The Morgan fingerprint density at radius 3 is 2.50 bits per heavy atom. The molecule has 0 unspecified atom stereocenters. The van der Waals surface area contributed by atoms with E-state index in [9.17, 15) is 19.5 Å². The van der Waals surface area contributed by atoms with Crippen molar-refractivity contribution >= 4 is 18.0 Å². The molecule has 1 fully saturated rings. The molecule has 3 N–H and O–H groups in total. The van der Waals surface area contributed by atoms with Gasteiger partial charge in [0.1, 0.15) is 11.6 Å². The van der Waals surface area contributed by atoms with E-state index in [4.69, 9.17) is 10.5 Å². The van der Waals surface area contributed by atoms with Gasteiger partial charge in [-0.05, 0) is 44.9 Å². The molecular weight excluding hydrogens is 312 g/mol. The number of nitrogens with zero attached hydrogens (tertiary/aromatic N) is 1. The van der Waals surface area contributed by atoms with Crippen molar-refractivity contribution in [1.29, 1.82) is 0 Å². The van der Waals surface area contributed by atoms with Crippen molar-refractivity contribution in [2.45, 2.75) is 44.8 Å². The summed E-state index contributed by atoms with van der Waals surface area (Å²) < 4.78 is 5.30. The average Bonchev–Trinajstić information content (AvgIpc) is 2.91. The van der Waals surface area contributed by atoms with Crippen molar-refractivity contribution < 1.29 is 24.2 Å². The number of carboxylic acid groups (broad SMARTS) is 1. The number of aliphatic carboxylic acids is 1. The molecule has 2 amide bonds. The first-order valence-corrected chi connectivity index (χ1v) is 7.70. The number of nitrogens with two attached hydrogens (primary N) is 1. The smallest absolute Gasteiger partial charge is 0.411 e. The van der Waals surface area contributed by atoms with Gasteiger partial charge in [0, 0.05) is 18.0 Å². The molecule has 0 aliphatic carbocycles. The highest BCUT2D eigenvalue weighted by atomic mass is 16.6. The lowest BCUT2D eigenvalue weighted by molar-refractivity contribution is -0.142. The molecule has 2 atom stereocenters. The maximum atomic E-state index is 12.3. The Morgan fingerprint density at radius 1 is 1.29 bits per heavy atom. The number of primary amides is 1. The van der Waals surface area contributed by atoms with Crippen LogP contribution in [0.5, 0.6) is 0 Å². The van der Waals surface area contributed by atoms with Crippen LogP contribution in [0.4, 0.5) is 4.79 Å². The summed E-state index contributed by atoms with van der Waals surface area (Å²) in [4.78, 5) is 36.3. The second-order valence-electron chi connectivity index (χ2n) is 6.91. The fourth-order valence-corrected chi connectivity index (χ4v) is 2.78. The van der Waals surface area contributed by atoms with Gasteiger partial charge in [-0.25, -0.2) is 9.59 Å². The summed E-state index contributed by atoms with van der Waals surface area (Å²) >= 11 is 0. The molecule has 0 spiro atoms. The normalized spacial score (nSPS) is 20.7. The Labute approximate surface area is 140 Å². The first-order chi connectivity index (χ1) is 11.1. The summed E-state index contributed by atoms with van der Waals surface area (Å²) in [5.41, 5.74) is 5.72. The van der Waals surface area contributed by atoms with Gasteiger partial charge in [0.2, 0.25) is 5.91 Å². The zero-order chi connectivity index (χ0) is 18.1. The van der Waals surface area contributed by atoms with Crippen LogP contribution < -0.4 is 5.73 Å². The molecule has 1 saturated heterocycles. The quantitative estimate of drug-likeness (QED) is 0.878. The first kappa shape index (κ1) is 17.8. The molecule has 1 aromatic carbocycles. The number of likely N-dealkylation sites (tertiary alicyclic amines) is 1. The molecule has 0 saturated carbocycles. The molecule has 24 heavy (non-hydrogen) atoms. The van der Waals surface area contributed by atoms with E-state index in [2.05, 4.69) is 0 Å². The van der Waals surface area contributed by atoms with Crippen LogP contribution in [0.2, 0.25) is 0 Å². The van der Waals surface area contributed by atoms with Gasteiger partial charge < -0.3 is 15.6 Å². The van der Waals surface area contributed by atoms with Gasteiger partial charge in [-0.3, -0.25) is 9.69 Å². The minimum absolute atomic E-state index is 0.196. The van der Waals surface area contributed by atoms with Crippen molar-refractivity contribution in [3.63, 3.8) is 0 Å². The number of hydrogen-bond acceptors (Lipinski definition) is 4. The summed E-state index contributed by atoms with van der Waals surface area (Å²) in [6, 6.07) is 5.78. The Balaban J connectivity index is 2.23. The van der Waals surface area contributed by atoms with E-state index in [1.54, 1.807) is 45.0 Å². The van der Waals surface area contributed by atoms with Gasteiger partial charge >= 0.3 is 12.1 Å². The average molecular weight is 334 g/mol. The van der Waals surface area contributed by atoms with Crippen LogP contribution in [0.15, 0.2) is 24.3 Å². The molecule has 0 aromatic heterocycles.